The molecule has 1 aliphatic rings. The minimum Gasteiger partial charge on any atom is -0.378 e. The molecule has 4 rings (SSSR count). The van der Waals surface area contributed by atoms with E-state index in [9.17, 15) is 4.91 Å². The van der Waals surface area contributed by atoms with Crippen LogP contribution >= 0.6 is 0 Å². The van der Waals surface area contributed by atoms with Crippen molar-refractivity contribution in [2.75, 3.05) is 38.3 Å². The highest BCUT2D eigenvalue weighted by Crippen LogP contribution is 2.24. The lowest BCUT2D eigenvalue weighted by Crippen LogP contribution is -2.36. The maximum absolute atomic E-state index is 11.0. The van der Waals surface area contributed by atoms with E-state index in [0.29, 0.717) is 11.4 Å². The maximum atomic E-state index is 11.0. The average Bonchev–Trinajstić information content (AvgIpc) is 2.72. The number of hydrogen-bond donors (Lipinski definition) is 1. The Morgan fingerprint density at radius 3 is 2.56 bits per heavy atom. The van der Waals surface area contributed by atoms with Gasteiger partial charge in [0.25, 0.3) is 0 Å². The van der Waals surface area contributed by atoms with E-state index in [1.54, 1.807) is 0 Å². The summed E-state index contributed by atoms with van der Waals surface area (Å²) in [5.41, 5.74) is 7.75. The second-order valence-corrected chi connectivity index (χ2v) is 6.56. The molecule has 0 radical (unpaired) electrons. The first kappa shape index (κ1) is 17.4. The molecule has 2 heterocycles. The molecule has 0 aliphatic carbocycles. The smallest absolute Gasteiger partial charge is 0.215 e. The summed E-state index contributed by atoms with van der Waals surface area (Å²) >= 11 is 0. The lowest BCUT2D eigenvalue weighted by molar-refractivity contribution is -0.582. The van der Waals surface area contributed by atoms with Crippen molar-refractivity contribution in [3.8, 4) is 11.1 Å². The molecule has 3 aromatic rings. The zero-order chi connectivity index (χ0) is 18.6. The monoisotopic (exact) mass is 364 g/mol. The predicted octanol–water partition coefficient (Wildman–Crippen LogP) is 2.55. The molecule has 138 valence electrons. The third-order valence-electron chi connectivity index (χ3n) is 4.66. The van der Waals surface area contributed by atoms with Crippen LogP contribution in [0.15, 0.2) is 48.7 Å². The van der Waals surface area contributed by atoms with Crippen molar-refractivity contribution in [1.82, 2.24) is 15.4 Å². The van der Waals surface area contributed by atoms with Crippen molar-refractivity contribution >= 4 is 16.9 Å². The number of morpholine rings is 1. The summed E-state index contributed by atoms with van der Waals surface area (Å²) in [4.78, 5) is 23.2. The van der Waals surface area contributed by atoms with Crippen LogP contribution in [0.25, 0.3) is 22.2 Å². The first-order valence-electron chi connectivity index (χ1n) is 9.02. The van der Waals surface area contributed by atoms with Crippen LogP contribution in [0.3, 0.4) is 0 Å². The van der Waals surface area contributed by atoms with Crippen LogP contribution in [-0.4, -0.2) is 48.2 Å². The van der Waals surface area contributed by atoms with Gasteiger partial charge in [-0.2, -0.15) is 0 Å². The summed E-state index contributed by atoms with van der Waals surface area (Å²) in [6.07, 6.45) is 1.84. The van der Waals surface area contributed by atoms with Crippen molar-refractivity contribution in [2.24, 2.45) is 0 Å². The van der Waals surface area contributed by atoms with Crippen molar-refractivity contribution < 1.29 is 9.61 Å². The highest BCUT2D eigenvalue weighted by molar-refractivity contribution is 5.82. The lowest BCUT2D eigenvalue weighted by atomic mass is 10.0. The second kappa shape index (κ2) is 7.67. The van der Waals surface area contributed by atoms with Gasteiger partial charge in [-0.3, -0.25) is 4.98 Å². The van der Waals surface area contributed by atoms with Gasteiger partial charge in [0, 0.05) is 13.1 Å². The summed E-state index contributed by atoms with van der Waals surface area (Å²) < 4.78 is 5.41. The minimum absolute atomic E-state index is 0.506. The Hall–Kier alpha value is -3.06. The van der Waals surface area contributed by atoms with E-state index in [2.05, 4.69) is 39.6 Å². The Morgan fingerprint density at radius 1 is 1.07 bits per heavy atom. The fourth-order valence-corrected chi connectivity index (χ4v) is 3.14. The predicted molar refractivity (Wildman–Crippen MR) is 104 cm³/mol. The third-order valence-corrected chi connectivity index (χ3v) is 4.66. The molecule has 1 aromatic heterocycles. The van der Waals surface area contributed by atoms with Crippen LogP contribution in [-0.2, 0) is 11.3 Å². The molecule has 1 saturated heterocycles. The van der Waals surface area contributed by atoms with Gasteiger partial charge in [-0.1, -0.05) is 30.3 Å². The standard InChI is InChI=1S/C20H22N5O2/c1-24(26)22-13-15-2-4-16(5-3-15)17-6-7-18-19(12-17)23-20(14-21-18)25-8-10-27-11-9-25/h2-7,12,14H,8-11,13H2,1H3,(H,22,26)/q+1. The first-order chi connectivity index (χ1) is 13.2. The number of ether oxygens (including phenoxy) is 1. The van der Waals surface area contributed by atoms with Crippen molar-refractivity contribution in [3.05, 3.63) is 59.1 Å². The van der Waals surface area contributed by atoms with Gasteiger partial charge < -0.3 is 9.64 Å². The van der Waals surface area contributed by atoms with Gasteiger partial charge in [-0.15, -0.1) is 5.43 Å². The molecule has 1 N–H and O–H groups in total. The quantitative estimate of drug-likeness (QED) is 0.554. The number of nitrogens with zero attached hydrogens (tertiary/aromatic N) is 4. The maximum Gasteiger partial charge on any atom is 0.215 e. The molecule has 27 heavy (non-hydrogen) atoms. The van der Waals surface area contributed by atoms with Crippen LogP contribution in [0, 0.1) is 4.91 Å². The van der Waals surface area contributed by atoms with E-state index in [1.807, 2.05) is 24.4 Å². The molecule has 1 fully saturated rings. The fourth-order valence-electron chi connectivity index (χ4n) is 3.14. The van der Waals surface area contributed by atoms with Crippen molar-refractivity contribution in [2.45, 2.75) is 6.54 Å². The third kappa shape index (κ3) is 4.03. The molecule has 0 atom stereocenters. The van der Waals surface area contributed by atoms with E-state index in [4.69, 9.17) is 9.72 Å². The number of hydrazine groups is 1. The van der Waals surface area contributed by atoms with Gasteiger partial charge in [-0.25, -0.2) is 4.98 Å². The van der Waals surface area contributed by atoms with Crippen LogP contribution in [0.4, 0.5) is 5.82 Å². The van der Waals surface area contributed by atoms with Crippen LogP contribution in [0.1, 0.15) is 5.56 Å². The lowest BCUT2D eigenvalue weighted by Gasteiger charge is -2.27. The Kier molecular flexibility index (Phi) is 4.93. The fraction of sp³-hybridized carbons (Fsp3) is 0.300. The van der Waals surface area contributed by atoms with Crippen molar-refractivity contribution in [3.63, 3.8) is 0 Å². The van der Waals surface area contributed by atoms with E-state index in [-0.39, 0.29) is 0 Å². The number of aromatic nitrogens is 2. The number of hydrogen-bond acceptors (Lipinski definition) is 5. The van der Waals surface area contributed by atoms with Gasteiger partial charge >= 0.3 is 0 Å². The van der Waals surface area contributed by atoms with Crippen molar-refractivity contribution in [1.29, 1.82) is 0 Å². The Balaban J connectivity index is 1.59. The number of anilines is 1. The van der Waals surface area contributed by atoms with Crippen LogP contribution < -0.4 is 10.3 Å². The van der Waals surface area contributed by atoms with E-state index in [0.717, 1.165) is 59.8 Å². The van der Waals surface area contributed by atoms with Gasteiger partial charge in [0.1, 0.15) is 10.7 Å². The largest absolute Gasteiger partial charge is 0.378 e. The van der Waals surface area contributed by atoms with Gasteiger partial charge in [0.2, 0.25) is 7.05 Å². The summed E-state index contributed by atoms with van der Waals surface area (Å²) in [6.45, 7) is 3.64. The van der Waals surface area contributed by atoms with E-state index in [1.165, 1.54) is 7.05 Å². The molecule has 7 heteroatoms. The molecule has 0 saturated carbocycles. The number of benzene rings is 2. The molecule has 2 aromatic carbocycles. The molecular weight excluding hydrogens is 342 g/mol. The molecule has 7 nitrogen and oxygen atoms in total. The van der Waals surface area contributed by atoms with Crippen LogP contribution in [0.2, 0.25) is 0 Å². The number of nitroso groups, excluding NO2 is 1. The molecule has 1 aliphatic heterocycles. The number of rotatable bonds is 5. The summed E-state index contributed by atoms with van der Waals surface area (Å²) in [5.74, 6) is 0.895. The normalized spacial score (nSPS) is 14.3. The highest BCUT2D eigenvalue weighted by atomic mass is 16.5. The first-order valence-corrected chi connectivity index (χ1v) is 9.02. The minimum atomic E-state index is 0.506. The Labute approximate surface area is 157 Å². The Bertz CT molecular complexity index is 952. The van der Waals surface area contributed by atoms with E-state index >= 15 is 0 Å². The Morgan fingerprint density at radius 2 is 1.81 bits per heavy atom. The molecular formula is C20H22N5O2+. The zero-order valence-corrected chi connectivity index (χ0v) is 15.3. The molecule has 0 unspecified atom stereocenters. The van der Waals surface area contributed by atoms with Gasteiger partial charge in [-0.05, 0) is 28.8 Å². The molecule has 0 bridgehead atoms. The van der Waals surface area contributed by atoms with Crippen LogP contribution in [0.5, 0.6) is 0 Å². The summed E-state index contributed by atoms with van der Waals surface area (Å²) in [6, 6.07) is 14.3. The molecule has 0 amide bonds. The number of nitrogens with one attached hydrogen (secondary N) is 1. The van der Waals surface area contributed by atoms with E-state index < -0.39 is 0 Å². The second-order valence-electron chi connectivity index (χ2n) is 6.56. The van der Waals surface area contributed by atoms with Gasteiger partial charge in [0.05, 0.1) is 41.9 Å². The average molecular weight is 364 g/mol. The van der Waals surface area contributed by atoms with Gasteiger partial charge in [0.15, 0.2) is 0 Å². The SMILES string of the molecule is C[N+](=O)NCc1ccc(-c2ccc3ncc(N4CCOCC4)nc3c2)cc1. The summed E-state index contributed by atoms with van der Waals surface area (Å²) in [7, 11) is 1.44. The highest BCUT2D eigenvalue weighted by Gasteiger charge is 2.13. The number of fused-ring (bicyclic) bond motifs is 1. The zero-order valence-electron chi connectivity index (χ0n) is 15.3. The topological polar surface area (TPSA) is 70.4 Å². The molecule has 0 spiro atoms. The summed E-state index contributed by atoms with van der Waals surface area (Å²) in [5, 5.41) is 0.